The highest BCUT2D eigenvalue weighted by molar-refractivity contribution is 6.01. The normalized spacial score (nSPS) is 15.2. The second-order valence-corrected chi connectivity index (χ2v) is 16.0. The summed E-state index contributed by atoms with van der Waals surface area (Å²) in [6, 6.07) is 16.2. The number of likely N-dealkylation sites (N-methyl/N-ethyl adjacent to an activating group) is 1. The number of ketones is 1. The van der Waals surface area contributed by atoms with Crippen molar-refractivity contribution in [2.45, 2.75) is 78.8 Å². The number of benzene rings is 2. The molecule has 0 spiro atoms. The molecule has 1 saturated heterocycles. The van der Waals surface area contributed by atoms with Crippen LogP contribution in [-0.2, 0) is 32.2 Å². The van der Waals surface area contributed by atoms with E-state index in [0.29, 0.717) is 32.8 Å². The number of aromatic nitrogens is 3. The monoisotopic (exact) mass is 729 g/mol. The van der Waals surface area contributed by atoms with E-state index in [1.165, 1.54) is 0 Å². The van der Waals surface area contributed by atoms with Crippen LogP contribution in [0.15, 0.2) is 48.5 Å². The number of piperazine rings is 1. The molecule has 0 saturated carbocycles. The maximum atomic E-state index is 13.9. The summed E-state index contributed by atoms with van der Waals surface area (Å²) in [5.41, 5.74) is 5.84. The fraction of sp³-hybridized carbons (Fsp3) is 0.619. The third-order valence-corrected chi connectivity index (χ3v) is 10.2. The van der Waals surface area contributed by atoms with Gasteiger partial charge in [0.1, 0.15) is 11.5 Å². The van der Waals surface area contributed by atoms with Crippen molar-refractivity contribution in [3.8, 4) is 22.5 Å². The molecule has 290 valence electrons. The molecule has 1 aromatic heterocycles. The van der Waals surface area contributed by atoms with Gasteiger partial charge in [-0.05, 0) is 56.8 Å². The molecule has 3 heterocycles. The predicted octanol–water partition coefficient (Wildman–Crippen LogP) is 6.02. The van der Waals surface area contributed by atoms with E-state index in [4.69, 9.17) is 14.6 Å². The molecule has 2 aliphatic heterocycles. The van der Waals surface area contributed by atoms with E-state index >= 15 is 0 Å². The Balaban J connectivity index is 1.14. The quantitative estimate of drug-likeness (QED) is 0.130. The number of rotatable bonds is 20. The highest BCUT2D eigenvalue weighted by Crippen LogP contribution is 2.41. The lowest BCUT2D eigenvalue weighted by atomic mass is 9.93. The van der Waals surface area contributed by atoms with Gasteiger partial charge in [0.05, 0.1) is 31.1 Å². The molecule has 1 amide bonds. The lowest BCUT2D eigenvalue weighted by Crippen LogP contribution is -2.48. The Morgan fingerprint density at radius 2 is 1.43 bits per heavy atom. The van der Waals surface area contributed by atoms with Gasteiger partial charge in [0.2, 0.25) is 5.91 Å². The molecule has 3 aromatic rings. The van der Waals surface area contributed by atoms with Crippen molar-refractivity contribution in [2.75, 3.05) is 91.2 Å². The van der Waals surface area contributed by atoms with Crippen molar-refractivity contribution in [3.63, 3.8) is 0 Å². The molecule has 5 rings (SSSR count). The first-order chi connectivity index (χ1) is 25.6. The molecule has 11 heteroatoms. The number of anilines is 1. The fourth-order valence-corrected chi connectivity index (χ4v) is 6.95. The minimum atomic E-state index is -0.0620. The van der Waals surface area contributed by atoms with Crippen molar-refractivity contribution in [1.29, 1.82) is 0 Å². The van der Waals surface area contributed by atoms with Gasteiger partial charge in [-0.25, -0.2) is 4.68 Å². The summed E-state index contributed by atoms with van der Waals surface area (Å²) in [6.07, 6.45) is 4.43. The zero-order chi connectivity index (χ0) is 37.6. The maximum absolute atomic E-state index is 13.9. The number of hydrogen-bond donors (Lipinski definition) is 0. The Kier molecular flexibility index (Phi) is 15.6. The molecular formula is C42H63N7O4. The van der Waals surface area contributed by atoms with Gasteiger partial charge in [0.15, 0.2) is 0 Å². The van der Waals surface area contributed by atoms with Crippen LogP contribution in [0.25, 0.3) is 22.5 Å². The Labute approximate surface area is 317 Å². The summed E-state index contributed by atoms with van der Waals surface area (Å²) in [6.45, 7) is 18.0. The van der Waals surface area contributed by atoms with E-state index in [1.54, 1.807) is 0 Å². The van der Waals surface area contributed by atoms with Crippen LogP contribution in [0, 0.1) is 5.41 Å². The van der Waals surface area contributed by atoms with Crippen molar-refractivity contribution in [1.82, 2.24) is 29.7 Å². The van der Waals surface area contributed by atoms with Gasteiger partial charge < -0.3 is 24.2 Å². The average Bonchev–Trinajstić information content (AvgIpc) is 3.55. The molecule has 11 nitrogen and oxygen atoms in total. The van der Waals surface area contributed by atoms with Crippen LogP contribution >= 0.6 is 0 Å². The van der Waals surface area contributed by atoms with Gasteiger partial charge in [0.25, 0.3) is 0 Å². The molecule has 2 aromatic carbocycles. The number of Topliss-reactive ketones (excluding diaryl/α,β-unsaturated/α-hetero) is 1. The Bertz CT molecular complexity index is 1590. The highest BCUT2D eigenvalue weighted by atomic mass is 16.5. The first-order valence-corrected chi connectivity index (χ1v) is 19.8. The zero-order valence-electron chi connectivity index (χ0n) is 33.0. The topological polar surface area (TPSA) is 96.3 Å². The number of ether oxygens (including phenoxy) is 2. The summed E-state index contributed by atoms with van der Waals surface area (Å²) in [7, 11) is 4.27. The lowest BCUT2D eigenvalue weighted by Gasteiger charge is -2.35. The third kappa shape index (κ3) is 12.5. The zero-order valence-corrected chi connectivity index (χ0v) is 33.0. The SMILES string of the molecule is CN(C)CCN1CCN(CCCn2nnc3c2-c2ccccc2CN(C(=O)CCC(=O)CCCCOCCOCCC(C)(C)C)c2ccccc2-3)CC1. The van der Waals surface area contributed by atoms with Gasteiger partial charge in [-0.2, -0.15) is 0 Å². The molecule has 0 N–H and O–H groups in total. The van der Waals surface area contributed by atoms with Crippen molar-refractivity contribution < 1.29 is 19.1 Å². The predicted molar refractivity (Wildman–Crippen MR) is 212 cm³/mol. The minimum Gasteiger partial charge on any atom is -0.379 e. The van der Waals surface area contributed by atoms with Crippen molar-refractivity contribution in [2.24, 2.45) is 5.41 Å². The van der Waals surface area contributed by atoms with Crippen LogP contribution < -0.4 is 4.90 Å². The van der Waals surface area contributed by atoms with Gasteiger partial charge in [-0.15, -0.1) is 5.10 Å². The van der Waals surface area contributed by atoms with E-state index in [9.17, 15) is 9.59 Å². The van der Waals surface area contributed by atoms with Gasteiger partial charge in [-0.3, -0.25) is 14.5 Å². The molecule has 0 bridgehead atoms. The molecule has 2 aliphatic rings. The van der Waals surface area contributed by atoms with Crippen molar-refractivity contribution >= 4 is 17.4 Å². The van der Waals surface area contributed by atoms with E-state index in [0.717, 1.165) is 118 Å². The van der Waals surface area contributed by atoms with E-state index in [1.807, 2.05) is 41.3 Å². The summed E-state index contributed by atoms with van der Waals surface area (Å²) in [5, 5.41) is 9.43. The molecule has 0 atom stereocenters. The fourth-order valence-electron chi connectivity index (χ4n) is 6.95. The molecule has 1 fully saturated rings. The van der Waals surface area contributed by atoms with Gasteiger partial charge in [0, 0.05) is 96.0 Å². The van der Waals surface area contributed by atoms with Gasteiger partial charge >= 0.3 is 0 Å². The summed E-state index contributed by atoms with van der Waals surface area (Å²) in [5.74, 6) is 0.0501. The number of carbonyl (C=O) groups is 2. The lowest BCUT2D eigenvalue weighted by molar-refractivity contribution is -0.124. The molecule has 0 radical (unpaired) electrons. The number of hydrogen-bond acceptors (Lipinski definition) is 9. The molecule has 0 aliphatic carbocycles. The number of fused-ring (bicyclic) bond motifs is 5. The number of aryl methyl sites for hydroxylation is 1. The Morgan fingerprint density at radius 3 is 2.17 bits per heavy atom. The van der Waals surface area contributed by atoms with Crippen LogP contribution in [0.5, 0.6) is 0 Å². The molecule has 0 unspecified atom stereocenters. The number of nitrogens with zero attached hydrogens (tertiary/aromatic N) is 7. The number of unbranched alkanes of at least 4 members (excludes halogenated alkanes) is 1. The minimum absolute atomic E-state index is 0.0620. The smallest absolute Gasteiger partial charge is 0.227 e. The van der Waals surface area contributed by atoms with Crippen LogP contribution in [0.3, 0.4) is 0 Å². The Hall–Kier alpha value is -3.48. The van der Waals surface area contributed by atoms with Crippen molar-refractivity contribution in [3.05, 3.63) is 54.1 Å². The second kappa shape index (κ2) is 20.3. The van der Waals surface area contributed by atoms with Crippen LogP contribution in [0.2, 0.25) is 0 Å². The summed E-state index contributed by atoms with van der Waals surface area (Å²) >= 11 is 0. The van der Waals surface area contributed by atoms with E-state index in [2.05, 4.69) is 71.6 Å². The molecule has 53 heavy (non-hydrogen) atoms. The largest absolute Gasteiger partial charge is 0.379 e. The van der Waals surface area contributed by atoms with E-state index in [-0.39, 0.29) is 29.9 Å². The van der Waals surface area contributed by atoms with Crippen LogP contribution in [0.4, 0.5) is 5.69 Å². The Morgan fingerprint density at radius 1 is 0.755 bits per heavy atom. The van der Waals surface area contributed by atoms with Crippen LogP contribution in [-0.4, -0.2) is 128 Å². The highest BCUT2D eigenvalue weighted by Gasteiger charge is 2.29. The maximum Gasteiger partial charge on any atom is 0.227 e. The first-order valence-electron chi connectivity index (χ1n) is 19.8. The third-order valence-electron chi connectivity index (χ3n) is 10.2. The summed E-state index contributed by atoms with van der Waals surface area (Å²) < 4.78 is 13.4. The van der Waals surface area contributed by atoms with Crippen LogP contribution in [0.1, 0.15) is 71.3 Å². The number of para-hydroxylation sites is 1. The first kappa shape index (κ1) is 40.7. The summed E-state index contributed by atoms with van der Waals surface area (Å²) in [4.78, 5) is 35.9. The second-order valence-electron chi connectivity index (χ2n) is 16.0. The number of carbonyl (C=O) groups excluding carboxylic acids is 2. The van der Waals surface area contributed by atoms with Gasteiger partial charge in [-0.1, -0.05) is 68.4 Å². The van der Waals surface area contributed by atoms with E-state index < -0.39 is 0 Å². The molecular weight excluding hydrogens is 667 g/mol. The standard InChI is InChI=1S/C42H63N7O4/c1-42(2,3)20-30-53-32-31-52-29-11-10-14-35(50)18-19-39(51)48-33-34-13-6-7-15-36(34)41-40(37-16-8-9-17-38(37)48)43-44-49(41)22-12-21-46-25-27-47(28-26-46)24-23-45(4)5/h6-9,13,15-17H,10-12,14,18-33H2,1-5H3. The average molecular weight is 730 g/mol. The number of amides is 1.